The van der Waals surface area contributed by atoms with Crippen LogP contribution in [0.4, 0.5) is 0 Å². The number of hydrogen-bond acceptors (Lipinski definition) is 6. The van der Waals surface area contributed by atoms with Crippen molar-refractivity contribution in [3.8, 4) is 5.75 Å². The Morgan fingerprint density at radius 3 is 2.48 bits per heavy atom. The molecule has 0 fully saturated rings. The summed E-state index contributed by atoms with van der Waals surface area (Å²) in [5, 5.41) is 2.66. The molecule has 0 unspecified atom stereocenters. The van der Waals surface area contributed by atoms with Gasteiger partial charge >= 0.3 is 0 Å². The van der Waals surface area contributed by atoms with Crippen molar-refractivity contribution in [1.82, 2.24) is 9.29 Å². The largest absolute Gasteiger partial charge is 0.497 e. The summed E-state index contributed by atoms with van der Waals surface area (Å²) in [7, 11) is -1.19. The molecule has 2 aromatic rings. The number of likely N-dealkylation sites (N-methyl/N-ethyl adjacent to an activating group) is 1. The molecular weight excluding hydrogens is 336 g/mol. The Morgan fingerprint density at radius 1 is 1.30 bits per heavy atom. The van der Waals surface area contributed by atoms with Gasteiger partial charge in [0.05, 0.1) is 22.7 Å². The number of benzene rings is 1. The van der Waals surface area contributed by atoms with Gasteiger partial charge in [-0.1, -0.05) is 0 Å². The van der Waals surface area contributed by atoms with Gasteiger partial charge in [-0.3, -0.25) is 4.79 Å². The van der Waals surface area contributed by atoms with Crippen molar-refractivity contribution < 1.29 is 17.9 Å². The van der Waals surface area contributed by atoms with E-state index in [-0.39, 0.29) is 4.90 Å². The molecule has 0 radical (unpaired) electrons. The van der Waals surface area contributed by atoms with E-state index in [0.717, 1.165) is 5.01 Å². The third kappa shape index (κ3) is 3.96. The number of thiazole rings is 1. The number of carbonyl (C=O) groups is 1. The molecule has 0 saturated carbocycles. The van der Waals surface area contributed by atoms with E-state index in [1.807, 2.05) is 6.92 Å². The Kier molecular flexibility index (Phi) is 5.17. The van der Waals surface area contributed by atoms with Crippen LogP contribution >= 0.6 is 11.3 Å². The van der Waals surface area contributed by atoms with Crippen LogP contribution in [0.2, 0.25) is 0 Å². The highest BCUT2D eigenvalue weighted by Gasteiger charge is 2.24. The average Bonchev–Trinajstić information content (AvgIpc) is 2.97. The van der Waals surface area contributed by atoms with Gasteiger partial charge in [0, 0.05) is 18.5 Å². The Bertz CT molecular complexity index is 823. The van der Waals surface area contributed by atoms with Gasteiger partial charge in [-0.05, 0) is 37.3 Å². The van der Waals surface area contributed by atoms with Crippen LogP contribution in [-0.2, 0) is 14.8 Å². The topological polar surface area (TPSA) is 76.6 Å². The van der Waals surface area contributed by atoms with Gasteiger partial charge in [-0.25, -0.2) is 17.7 Å². The normalized spacial score (nSPS) is 11.6. The summed E-state index contributed by atoms with van der Waals surface area (Å²) in [5.74, 6) is -0.108. The van der Waals surface area contributed by atoms with Crippen LogP contribution in [-0.4, -0.2) is 37.8 Å². The lowest BCUT2D eigenvalue weighted by Crippen LogP contribution is -2.31. The van der Waals surface area contributed by atoms with Crippen molar-refractivity contribution in [2.24, 2.45) is 0 Å². The molecule has 0 bridgehead atoms. The van der Waals surface area contributed by atoms with E-state index in [0.29, 0.717) is 15.7 Å². The van der Waals surface area contributed by atoms with Crippen molar-refractivity contribution in [3.05, 3.63) is 46.4 Å². The number of aryl methyl sites for hydroxylation is 1. The molecule has 1 heterocycles. The Labute approximate surface area is 139 Å². The minimum absolute atomic E-state index is 0.0204. The van der Waals surface area contributed by atoms with Gasteiger partial charge in [0.2, 0.25) is 0 Å². The third-order valence-electron chi connectivity index (χ3n) is 3.06. The van der Waals surface area contributed by atoms with E-state index in [2.05, 4.69) is 4.98 Å². The fraction of sp³-hybridized carbons (Fsp3) is 0.200. The SMILES string of the molecule is COc1ccc(S(=O)(=O)N(C)C(=O)C=Cc2csc(C)n2)cc1. The molecular formula is C15H16N2O4S2. The number of hydrogen-bond donors (Lipinski definition) is 0. The first-order valence-electron chi connectivity index (χ1n) is 6.62. The second kappa shape index (κ2) is 6.93. The van der Waals surface area contributed by atoms with Crippen LogP contribution in [0.1, 0.15) is 10.7 Å². The van der Waals surface area contributed by atoms with Crippen LogP contribution in [0.5, 0.6) is 5.75 Å². The fourth-order valence-electron chi connectivity index (χ4n) is 1.74. The highest BCUT2D eigenvalue weighted by molar-refractivity contribution is 7.89. The standard InChI is InChI=1S/C15H16N2O4S2/c1-11-16-12(10-22-11)4-9-15(18)17(2)23(19,20)14-7-5-13(21-3)6-8-14/h4-10H,1-3H3. The smallest absolute Gasteiger partial charge is 0.266 e. The first kappa shape index (κ1) is 17.2. The zero-order valence-corrected chi connectivity index (χ0v) is 14.5. The first-order chi connectivity index (χ1) is 10.8. The number of sulfonamides is 1. The highest BCUT2D eigenvalue weighted by Crippen LogP contribution is 2.19. The maximum absolute atomic E-state index is 12.4. The minimum Gasteiger partial charge on any atom is -0.497 e. The number of amides is 1. The second-order valence-electron chi connectivity index (χ2n) is 4.61. The van der Waals surface area contributed by atoms with Crippen LogP contribution in [0, 0.1) is 6.92 Å². The molecule has 1 amide bonds. The number of methoxy groups -OCH3 is 1. The Morgan fingerprint density at radius 2 is 1.96 bits per heavy atom. The van der Waals surface area contributed by atoms with Gasteiger partial charge in [-0.15, -0.1) is 11.3 Å². The molecule has 122 valence electrons. The quantitative estimate of drug-likeness (QED) is 0.772. The minimum atomic E-state index is -3.90. The van der Waals surface area contributed by atoms with Crippen LogP contribution < -0.4 is 4.74 Å². The summed E-state index contributed by atoms with van der Waals surface area (Å²) in [5.41, 5.74) is 0.621. The van der Waals surface area contributed by atoms with Crippen LogP contribution in [0.25, 0.3) is 6.08 Å². The number of carbonyl (C=O) groups excluding carboxylic acids is 1. The molecule has 0 aliphatic carbocycles. The van der Waals surface area contributed by atoms with Crippen molar-refractivity contribution in [3.63, 3.8) is 0 Å². The van der Waals surface area contributed by atoms with Crippen molar-refractivity contribution >= 4 is 33.3 Å². The van der Waals surface area contributed by atoms with Crippen molar-refractivity contribution in [2.45, 2.75) is 11.8 Å². The summed E-state index contributed by atoms with van der Waals surface area (Å²) in [4.78, 5) is 16.3. The lowest BCUT2D eigenvalue weighted by molar-refractivity contribution is -0.120. The summed E-state index contributed by atoms with van der Waals surface area (Å²) in [6, 6.07) is 5.84. The molecule has 0 atom stereocenters. The molecule has 1 aromatic heterocycles. The third-order valence-corrected chi connectivity index (χ3v) is 5.62. The summed E-state index contributed by atoms with van der Waals surface area (Å²) in [6.07, 6.45) is 2.68. The van der Waals surface area contributed by atoms with E-state index >= 15 is 0 Å². The number of aromatic nitrogens is 1. The maximum atomic E-state index is 12.4. The summed E-state index contributed by atoms with van der Waals surface area (Å²) >= 11 is 1.45. The van der Waals surface area contributed by atoms with Gasteiger partial charge < -0.3 is 4.74 Å². The molecule has 6 nitrogen and oxygen atoms in total. The molecule has 2 rings (SSSR count). The molecule has 0 saturated heterocycles. The Balaban J connectivity index is 2.17. The molecule has 1 aromatic carbocycles. The van der Waals surface area contributed by atoms with Crippen molar-refractivity contribution in [2.75, 3.05) is 14.2 Å². The lowest BCUT2D eigenvalue weighted by Gasteiger charge is -2.15. The maximum Gasteiger partial charge on any atom is 0.266 e. The monoisotopic (exact) mass is 352 g/mol. The predicted molar refractivity (Wildman–Crippen MR) is 88.8 cm³/mol. The molecule has 0 aliphatic heterocycles. The van der Waals surface area contributed by atoms with E-state index in [1.54, 1.807) is 5.38 Å². The number of ether oxygens (including phenoxy) is 1. The second-order valence-corrected chi connectivity index (χ2v) is 7.64. The lowest BCUT2D eigenvalue weighted by atomic mass is 10.3. The van der Waals surface area contributed by atoms with Gasteiger partial charge in [0.25, 0.3) is 15.9 Å². The van der Waals surface area contributed by atoms with Gasteiger partial charge in [0.15, 0.2) is 0 Å². The zero-order valence-electron chi connectivity index (χ0n) is 12.9. The van der Waals surface area contributed by atoms with E-state index < -0.39 is 15.9 Å². The van der Waals surface area contributed by atoms with E-state index in [4.69, 9.17) is 4.74 Å². The predicted octanol–water partition coefficient (Wildman–Crippen LogP) is 2.32. The molecule has 0 aliphatic rings. The summed E-state index contributed by atoms with van der Waals surface area (Å²) in [6.45, 7) is 1.85. The summed E-state index contributed by atoms with van der Waals surface area (Å²) < 4.78 is 30.5. The van der Waals surface area contributed by atoms with Crippen LogP contribution in [0.3, 0.4) is 0 Å². The Hall–Kier alpha value is -2.19. The number of rotatable bonds is 5. The van der Waals surface area contributed by atoms with Crippen molar-refractivity contribution in [1.29, 1.82) is 0 Å². The fourth-order valence-corrected chi connectivity index (χ4v) is 3.42. The highest BCUT2D eigenvalue weighted by atomic mass is 32.2. The molecule has 23 heavy (non-hydrogen) atoms. The number of nitrogens with zero attached hydrogens (tertiary/aromatic N) is 2. The van der Waals surface area contributed by atoms with Crippen LogP contribution in [0.15, 0.2) is 40.6 Å². The average molecular weight is 352 g/mol. The van der Waals surface area contributed by atoms with E-state index in [1.165, 1.54) is 61.9 Å². The van der Waals surface area contributed by atoms with Gasteiger partial charge in [0.1, 0.15) is 5.75 Å². The first-order valence-corrected chi connectivity index (χ1v) is 8.93. The van der Waals surface area contributed by atoms with Gasteiger partial charge in [-0.2, -0.15) is 0 Å². The molecule has 0 N–H and O–H groups in total. The zero-order chi connectivity index (χ0) is 17.0. The molecule has 0 spiro atoms. The molecule has 8 heteroatoms. The van der Waals surface area contributed by atoms with E-state index in [9.17, 15) is 13.2 Å².